The Labute approximate surface area is 72.6 Å². The largest absolute Gasteiger partial charge is 0.376 e. The number of aldehydes is 1. The summed E-state index contributed by atoms with van der Waals surface area (Å²) in [6.07, 6.45) is 0.895. The third kappa shape index (κ3) is 2.09. The van der Waals surface area contributed by atoms with Crippen LogP contribution in [0, 0.1) is 6.92 Å². The van der Waals surface area contributed by atoms with Crippen molar-refractivity contribution in [3.8, 4) is 0 Å². The molecule has 1 atom stereocenters. The Morgan fingerprint density at radius 3 is 2.67 bits per heavy atom. The molecule has 0 aliphatic carbocycles. The van der Waals surface area contributed by atoms with E-state index in [0.717, 1.165) is 17.5 Å². The van der Waals surface area contributed by atoms with Crippen molar-refractivity contribution in [2.75, 3.05) is 5.32 Å². The van der Waals surface area contributed by atoms with Crippen molar-refractivity contribution in [3.63, 3.8) is 0 Å². The van der Waals surface area contributed by atoms with Crippen LogP contribution in [0.5, 0.6) is 0 Å². The van der Waals surface area contributed by atoms with Gasteiger partial charge < -0.3 is 10.1 Å². The zero-order valence-corrected chi connectivity index (χ0v) is 7.37. The van der Waals surface area contributed by atoms with E-state index in [1.807, 2.05) is 38.1 Å². The molecular weight excluding hydrogens is 150 g/mol. The van der Waals surface area contributed by atoms with Crippen molar-refractivity contribution in [1.29, 1.82) is 0 Å². The first-order valence-electron chi connectivity index (χ1n) is 4.01. The number of anilines is 1. The van der Waals surface area contributed by atoms with Gasteiger partial charge in [0.25, 0.3) is 0 Å². The Bertz CT molecular complexity index is 270. The molecule has 1 N–H and O–H groups in total. The maximum Gasteiger partial charge on any atom is 0.141 e. The van der Waals surface area contributed by atoms with E-state index in [1.54, 1.807) is 0 Å². The van der Waals surface area contributed by atoms with Crippen molar-refractivity contribution < 1.29 is 4.79 Å². The average Bonchev–Trinajstić information content (AvgIpc) is 2.09. The van der Waals surface area contributed by atoms with Crippen molar-refractivity contribution in [3.05, 3.63) is 29.8 Å². The molecule has 2 heteroatoms. The number of carbonyl (C=O) groups excluding carboxylic acids is 1. The van der Waals surface area contributed by atoms with Crippen molar-refractivity contribution >= 4 is 12.0 Å². The van der Waals surface area contributed by atoms with Gasteiger partial charge in [-0.05, 0) is 25.5 Å². The van der Waals surface area contributed by atoms with E-state index < -0.39 is 0 Å². The summed E-state index contributed by atoms with van der Waals surface area (Å²) in [6.45, 7) is 3.85. The molecule has 0 bridgehead atoms. The molecule has 64 valence electrons. The highest BCUT2D eigenvalue weighted by Gasteiger charge is 2.00. The lowest BCUT2D eigenvalue weighted by molar-refractivity contribution is -0.108. The molecule has 1 aromatic rings. The summed E-state index contributed by atoms with van der Waals surface area (Å²) in [7, 11) is 0. The highest BCUT2D eigenvalue weighted by atomic mass is 16.1. The zero-order valence-electron chi connectivity index (χ0n) is 7.37. The van der Waals surface area contributed by atoms with Crippen LogP contribution in [0.2, 0.25) is 0 Å². The second-order valence-corrected chi connectivity index (χ2v) is 2.88. The van der Waals surface area contributed by atoms with Gasteiger partial charge in [0, 0.05) is 5.69 Å². The van der Waals surface area contributed by atoms with Crippen LogP contribution in [0.25, 0.3) is 0 Å². The van der Waals surface area contributed by atoms with Crippen molar-refractivity contribution in [2.45, 2.75) is 19.9 Å². The second-order valence-electron chi connectivity index (χ2n) is 2.88. The molecule has 0 fully saturated rings. The number of benzene rings is 1. The van der Waals surface area contributed by atoms with E-state index in [1.165, 1.54) is 0 Å². The minimum absolute atomic E-state index is 0.119. The number of hydrogen-bond donors (Lipinski definition) is 1. The standard InChI is InChI=1S/C10H13NO/c1-8-5-3-4-6-10(8)11-9(2)7-12/h3-7,9,11H,1-2H3. The van der Waals surface area contributed by atoms with Crippen LogP contribution in [0.1, 0.15) is 12.5 Å². The Morgan fingerprint density at radius 2 is 2.08 bits per heavy atom. The van der Waals surface area contributed by atoms with E-state index in [4.69, 9.17) is 0 Å². The molecule has 1 rings (SSSR count). The summed E-state index contributed by atoms with van der Waals surface area (Å²) in [4.78, 5) is 10.4. The molecule has 0 aliphatic rings. The van der Waals surface area contributed by atoms with E-state index in [2.05, 4.69) is 5.32 Å². The topological polar surface area (TPSA) is 29.1 Å². The summed E-state index contributed by atoms with van der Waals surface area (Å²) in [5, 5.41) is 3.09. The highest BCUT2D eigenvalue weighted by molar-refractivity contribution is 5.65. The van der Waals surface area contributed by atoms with E-state index in [-0.39, 0.29) is 6.04 Å². The molecule has 0 amide bonds. The number of hydrogen-bond acceptors (Lipinski definition) is 2. The lowest BCUT2D eigenvalue weighted by Gasteiger charge is -2.10. The molecule has 0 radical (unpaired) electrons. The first kappa shape index (κ1) is 8.78. The first-order chi connectivity index (χ1) is 5.74. The molecule has 0 heterocycles. The van der Waals surface area contributed by atoms with E-state index in [0.29, 0.717) is 0 Å². The van der Waals surface area contributed by atoms with E-state index >= 15 is 0 Å². The quantitative estimate of drug-likeness (QED) is 0.690. The lowest BCUT2D eigenvalue weighted by Crippen LogP contribution is -2.16. The summed E-state index contributed by atoms with van der Waals surface area (Å²) in [6, 6.07) is 7.79. The lowest BCUT2D eigenvalue weighted by atomic mass is 10.2. The molecule has 1 aromatic carbocycles. The number of para-hydroxylation sites is 1. The van der Waals surface area contributed by atoms with Crippen LogP contribution in [-0.2, 0) is 4.79 Å². The van der Waals surface area contributed by atoms with Gasteiger partial charge >= 0.3 is 0 Å². The molecule has 12 heavy (non-hydrogen) atoms. The maximum absolute atomic E-state index is 10.4. The van der Waals surface area contributed by atoms with Gasteiger partial charge in [-0.15, -0.1) is 0 Å². The van der Waals surface area contributed by atoms with Gasteiger partial charge in [-0.3, -0.25) is 0 Å². The Hall–Kier alpha value is -1.31. The molecule has 2 nitrogen and oxygen atoms in total. The number of rotatable bonds is 3. The summed E-state index contributed by atoms with van der Waals surface area (Å²) < 4.78 is 0. The minimum Gasteiger partial charge on any atom is -0.376 e. The zero-order chi connectivity index (χ0) is 8.97. The van der Waals surface area contributed by atoms with Gasteiger partial charge in [0.15, 0.2) is 0 Å². The fourth-order valence-corrected chi connectivity index (χ4v) is 1.01. The van der Waals surface area contributed by atoms with Crippen LogP contribution in [-0.4, -0.2) is 12.3 Å². The second kappa shape index (κ2) is 3.90. The van der Waals surface area contributed by atoms with Gasteiger partial charge in [0.1, 0.15) is 6.29 Å². The number of nitrogens with one attached hydrogen (secondary N) is 1. The van der Waals surface area contributed by atoms with Gasteiger partial charge in [-0.2, -0.15) is 0 Å². The average molecular weight is 163 g/mol. The van der Waals surface area contributed by atoms with Crippen LogP contribution >= 0.6 is 0 Å². The molecule has 0 aromatic heterocycles. The SMILES string of the molecule is Cc1ccccc1NC(C)C=O. The van der Waals surface area contributed by atoms with Crippen LogP contribution in [0.3, 0.4) is 0 Å². The molecular formula is C10H13NO. The Balaban J connectivity index is 2.75. The molecule has 0 saturated carbocycles. The fraction of sp³-hybridized carbons (Fsp3) is 0.300. The monoisotopic (exact) mass is 163 g/mol. The van der Waals surface area contributed by atoms with Crippen LogP contribution in [0.15, 0.2) is 24.3 Å². The maximum atomic E-state index is 10.4. The Kier molecular flexibility index (Phi) is 2.86. The van der Waals surface area contributed by atoms with Gasteiger partial charge in [-0.25, -0.2) is 0 Å². The van der Waals surface area contributed by atoms with Gasteiger partial charge in [0.2, 0.25) is 0 Å². The molecule has 0 spiro atoms. The van der Waals surface area contributed by atoms with Gasteiger partial charge in [-0.1, -0.05) is 18.2 Å². The fourth-order valence-electron chi connectivity index (χ4n) is 1.01. The third-order valence-electron chi connectivity index (χ3n) is 1.73. The summed E-state index contributed by atoms with van der Waals surface area (Å²) >= 11 is 0. The highest BCUT2D eigenvalue weighted by Crippen LogP contribution is 2.13. The minimum atomic E-state index is -0.119. The van der Waals surface area contributed by atoms with Crippen molar-refractivity contribution in [1.82, 2.24) is 0 Å². The smallest absolute Gasteiger partial charge is 0.141 e. The Morgan fingerprint density at radius 1 is 1.42 bits per heavy atom. The molecule has 1 unspecified atom stereocenters. The van der Waals surface area contributed by atoms with Crippen molar-refractivity contribution in [2.24, 2.45) is 0 Å². The summed E-state index contributed by atoms with van der Waals surface area (Å²) in [5.41, 5.74) is 2.18. The third-order valence-corrected chi connectivity index (χ3v) is 1.73. The normalized spacial score (nSPS) is 12.2. The molecule has 0 saturated heterocycles. The predicted octanol–water partition coefficient (Wildman–Crippen LogP) is 1.99. The number of carbonyl (C=O) groups is 1. The van der Waals surface area contributed by atoms with Gasteiger partial charge in [0.05, 0.1) is 6.04 Å². The first-order valence-corrected chi connectivity index (χ1v) is 4.01. The predicted molar refractivity (Wildman–Crippen MR) is 50.3 cm³/mol. The summed E-state index contributed by atoms with van der Waals surface area (Å²) in [5.74, 6) is 0. The molecule has 0 aliphatic heterocycles. The van der Waals surface area contributed by atoms with Crippen LogP contribution < -0.4 is 5.32 Å². The van der Waals surface area contributed by atoms with Crippen LogP contribution in [0.4, 0.5) is 5.69 Å². The number of aryl methyl sites for hydroxylation is 1. The van der Waals surface area contributed by atoms with E-state index in [9.17, 15) is 4.79 Å².